The Labute approximate surface area is 102 Å². The Hall–Kier alpha value is -0.260. The summed E-state index contributed by atoms with van der Waals surface area (Å²) in [6.45, 7) is 0. The molecule has 2 fully saturated rings. The van der Waals surface area contributed by atoms with Crippen molar-refractivity contribution in [3.63, 3.8) is 0 Å². The fourth-order valence-electron chi connectivity index (χ4n) is 3.32. The molecule has 0 unspecified atom stereocenters. The van der Waals surface area contributed by atoms with Gasteiger partial charge in [0.2, 0.25) is 0 Å². The van der Waals surface area contributed by atoms with Crippen LogP contribution in [0.4, 0.5) is 0 Å². The number of allylic oxidation sites excluding steroid dienone is 2. The molecule has 0 amide bonds. The molecule has 2 aliphatic carbocycles. The minimum absolute atomic E-state index is 0.922. The van der Waals surface area contributed by atoms with E-state index in [0.717, 1.165) is 11.8 Å². The van der Waals surface area contributed by atoms with Gasteiger partial charge < -0.3 is 0 Å². The Morgan fingerprint density at radius 1 is 0.438 bits per heavy atom. The molecular formula is C16H28. The summed E-state index contributed by atoms with van der Waals surface area (Å²) in [5, 5.41) is 0. The zero-order valence-electron chi connectivity index (χ0n) is 10.8. The molecular weight excluding hydrogens is 192 g/mol. The Morgan fingerprint density at radius 2 is 0.750 bits per heavy atom. The van der Waals surface area contributed by atoms with Crippen LogP contribution in [-0.2, 0) is 0 Å². The number of hydrogen-bond acceptors (Lipinski definition) is 0. The molecule has 0 nitrogen and oxygen atoms in total. The van der Waals surface area contributed by atoms with Gasteiger partial charge in [-0.1, -0.05) is 63.5 Å². The normalized spacial score (nSPS) is 26.8. The maximum absolute atomic E-state index is 2.58. The minimum atomic E-state index is 0.922. The molecule has 2 rings (SSSR count). The lowest BCUT2D eigenvalue weighted by atomic mass is 9.94. The summed E-state index contributed by atoms with van der Waals surface area (Å²) in [7, 11) is 0. The van der Waals surface area contributed by atoms with Gasteiger partial charge in [0, 0.05) is 0 Å². The van der Waals surface area contributed by atoms with Gasteiger partial charge in [0.25, 0.3) is 0 Å². The number of rotatable bonds is 2. The summed E-state index contributed by atoms with van der Waals surface area (Å²) in [5.74, 6) is 1.84. The fourth-order valence-corrected chi connectivity index (χ4v) is 3.32. The highest BCUT2D eigenvalue weighted by Gasteiger charge is 2.12. The van der Waals surface area contributed by atoms with E-state index >= 15 is 0 Å². The molecule has 0 aromatic carbocycles. The van der Waals surface area contributed by atoms with Crippen LogP contribution < -0.4 is 0 Å². The zero-order valence-corrected chi connectivity index (χ0v) is 10.8. The van der Waals surface area contributed by atoms with Crippen LogP contribution in [0, 0.1) is 11.8 Å². The van der Waals surface area contributed by atoms with Crippen LogP contribution in [0.3, 0.4) is 0 Å². The van der Waals surface area contributed by atoms with E-state index < -0.39 is 0 Å². The van der Waals surface area contributed by atoms with Crippen molar-refractivity contribution in [3.8, 4) is 0 Å². The van der Waals surface area contributed by atoms with Crippen LogP contribution in [-0.4, -0.2) is 0 Å². The number of hydrogen-bond donors (Lipinski definition) is 0. The Kier molecular flexibility index (Phi) is 5.45. The van der Waals surface area contributed by atoms with Gasteiger partial charge in [-0.05, 0) is 37.5 Å². The first-order valence-electron chi connectivity index (χ1n) is 7.63. The lowest BCUT2D eigenvalue weighted by Crippen LogP contribution is -1.98. The Morgan fingerprint density at radius 3 is 1.06 bits per heavy atom. The highest BCUT2D eigenvalue weighted by atomic mass is 14.2. The van der Waals surface area contributed by atoms with E-state index in [0.29, 0.717) is 0 Å². The predicted molar refractivity (Wildman–Crippen MR) is 71.5 cm³/mol. The molecule has 16 heavy (non-hydrogen) atoms. The van der Waals surface area contributed by atoms with Crippen molar-refractivity contribution >= 4 is 0 Å². The molecule has 0 aliphatic heterocycles. The van der Waals surface area contributed by atoms with Gasteiger partial charge in [-0.3, -0.25) is 0 Å². The summed E-state index contributed by atoms with van der Waals surface area (Å²) in [6, 6.07) is 0. The third kappa shape index (κ3) is 4.31. The van der Waals surface area contributed by atoms with E-state index in [1.165, 1.54) is 77.0 Å². The lowest BCUT2D eigenvalue weighted by Gasteiger charge is -2.12. The Bertz CT molecular complexity index is 166. The molecule has 0 heteroatoms. The van der Waals surface area contributed by atoms with Crippen LogP contribution in [0.1, 0.15) is 77.0 Å². The molecule has 0 N–H and O–H groups in total. The van der Waals surface area contributed by atoms with Crippen molar-refractivity contribution in [2.45, 2.75) is 77.0 Å². The van der Waals surface area contributed by atoms with Gasteiger partial charge in [-0.15, -0.1) is 0 Å². The molecule has 0 aromatic heterocycles. The topological polar surface area (TPSA) is 0 Å². The SMILES string of the molecule is C(=CC1CCCCCC1)C1CCCCCC1. The van der Waals surface area contributed by atoms with Crippen molar-refractivity contribution in [1.29, 1.82) is 0 Å². The first-order chi connectivity index (χ1) is 7.95. The molecule has 0 spiro atoms. The molecule has 0 atom stereocenters. The van der Waals surface area contributed by atoms with Crippen LogP contribution in [0.5, 0.6) is 0 Å². The van der Waals surface area contributed by atoms with Crippen molar-refractivity contribution < 1.29 is 0 Å². The monoisotopic (exact) mass is 220 g/mol. The zero-order chi connectivity index (χ0) is 11.1. The molecule has 0 radical (unpaired) electrons. The van der Waals surface area contributed by atoms with Gasteiger partial charge in [0.15, 0.2) is 0 Å². The summed E-state index contributed by atoms with van der Waals surface area (Å²) in [4.78, 5) is 0. The second kappa shape index (κ2) is 7.14. The van der Waals surface area contributed by atoms with Gasteiger partial charge in [-0.2, -0.15) is 0 Å². The quantitative estimate of drug-likeness (QED) is 0.427. The standard InChI is InChI=1S/C16H28/c1-2-6-10-15(9-5-1)13-14-16-11-7-3-4-8-12-16/h13-16H,1-12H2. The summed E-state index contributed by atoms with van der Waals surface area (Å²) < 4.78 is 0. The van der Waals surface area contributed by atoms with E-state index in [1.54, 1.807) is 0 Å². The molecule has 0 saturated heterocycles. The molecule has 2 saturated carbocycles. The van der Waals surface area contributed by atoms with Crippen molar-refractivity contribution in [2.24, 2.45) is 11.8 Å². The summed E-state index contributed by atoms with van der Waals surface area (Å²) in [5.41, 5.74) is 0. The maximum atomic E-state index is 2.58. The van der Waals surface area contributed by atoms with Crippen LogP contribution >= 0.6 is 0 Å². The highest BCUT2D eigenvalue weighted by molar-refractivity contribution is 4.94. The van der Waals surface area contributed by atoms with Crippen molar-refractivity contribution in [1.82, 2.24) is 0 Å². The molecule has 2 aliphatic rings. The average Bonchev–Trinajstić information content (AvgIpc) is 2.71. The van der Waals surface area contributed by atoms with Crippen LogP contribution in [0.15, 0.2) is 12.2 Å². The average molecular weight is 220 g/mol. The second-order valence-electron chi connectivity index (χ2n) is 5.89. The molecule has 0 bridgehead atoms. The van der Waals surface area contributed by atoms with E-state index in [4.69, 9.17) is 0 Å². The maximum Gasteiger partial charge on any atom is -0.0233 e. The van der Waals surface area contributed by atoms with Gasteiger partial charge in [-0.25, -0.2) is 0 Å². The summed E-state index contributed by atoms with van der Waals surface area (Å²) in [6.07, 6.45) is 22.8. The molecule has 0 aromatic rings. The van der Waals surface area contributed by atoms with Crippen LogP contribution in [0.25, 0.3) is 0 Å². The first-order valence-corrected chi connectivity index (χ1v) is 7.63. The minimum Gasteiger partial charge on any atom is -0.0851 e. The largest absolute Gasteiger partial charge is 0.0851 e. The van der Waals surface area contributed by atoms with Crippen molar-refractivity contribution in [3.05, 3.63) is 12.2 Å². The molecule has 0 heterocycles. The smallest absolute Gasteiger partial charge is 0.0233 e. The predicted octanol–water partition coefficient (Wildman–Crippen LogP) is 5.48. The van der Waals surface area contributed by atoms with Crippen molar-refractivity contribution in [2.75, 3.05) is 0 Å². The van der Waals surface area contributed by atoms with E-state index in [2.05, 4.69) is 12.2 Å². The van der Waals surface area contributed by atoms with E-state index in [1.807, 2.05) is 0 Å². The highest BCUT2D eigenvalue weighted by Crippen LogP contribution is 2.27. The van der Waals surface area contributed by atoms with Crippen LogP contribution in [0.2, 0.25) is 0 Å². The third-order valence-electron chi connectivity index (χ3n) is 4.46. The van der Waals surface area contributed by atoms with Gasteiger partial charge >= 0.3 is 0 Å². The van der Waals surface area contributed by atoms with E-state index in [9.17, 15) is 0 Å². The summed E-state index contributed by atoms with van der Waals surface area (Å²) >= 11 is 0. The first kappa shape index (κ1) is 12.2. The molecule has 92 valence electrons. The van der Waals surface area contributed by atoms with Gasteiger partial charge in [0.05, 0.1) is 0 Å². The van der Waals surface area contributed by atoms with E-state index in [-0.39, 0.29) is 0 Å². The Balaban J connectivity index is 1.76. The van der Waals surface area contributed by atoms with Gasteiger partial charge in [0.1, 0.15) is 0 Å². The second-order valence-corrected chi connectivity index (χ2v) is 5.89. The lowest BCUT2D eigenvalue weighted by molar-refractivity contribution is 0.529. The fraction of sp³-hybridized carbons (Fsp3) is 0.875. The third-order valence-corrected chi connectivity index (χ3v) is 4.46.